The van der Waals surface area contributed by atoms with Crippen molar-refractivity contribution in [2.75, 3.05) is 21.8 Å². The van der Waals surface area contributed by atoms with Crippen molar-refractivity contribution in [3.8, 4) is 6.07 Å². The molecule has 3 aromatic carbocycles. The van der Waals surface area contributed by atoms with Crippen LogP contribution in [0.25, 0.3) is 0 Å². The maximum atomic E-state index is 13.7. The molecule has 0 atom stereocenters. The minimum Gasteiger partial charge on any atom is -0.308 e. The number of nitrogens with zero attached hydrogens (tertiary/aromatic N) is 3. The van der Waals surface area contributed by atoms with Gasteiger partial charge in [0.05, 0.1) is 23.9 Å². The van der Waals surface area contributed by atoms with Crippen molar-refractivity contribution in [1.29, 1.82) is 5.26 Å². The summed E-state index contributed by atoms with van der Waals surface area (Å²) in [6, 6.07) is 18.8. The molecule has 204 valence electrons. The first-order chi connectivity index (χ1) is 19.1. The molecule has 5 rings (SSSR count). The zero-order chi connectivity index (χ0) is 28.6. The van der Waals surface area contributed by atoms with Crippen LogP contribution in [-0.2, 0) is 11.3 Å². The third-order valence-electron chi connectivity index (χ3n) is 7.25. The number of nitriles is 1. The van der Waals surface area contributed by atoms with Crippen LogP contribution in [0.3, 0.4) is 0 Å². The Hall–Kier alpha value is -4.00. The molecule has 10 heteroatoms. The first-order valence-electron chi connectivity index (χ1n) is 12.8. The fourth-order valence-corrected chi connectivity index (χ4v) is 5.40. The summed E-state index contributed by atoms with van der Waals surface area (Å²) in [5, 5.41) is 15.6. The minimum atomic E-state index is -1.16. The van der Waals surface area contributed by atoms with E-state index in [-0.39, 0.29) is 18.4 Å². The van der Waals surface area contributed by atoms with Crippen LogP contribution in [-0.4, -0.2) is 34.7 Å². The predicted molar refractivity (Wildman–Crippen MR) is 158 cm³/mol. The Morgan fingerprint density at radius 3 is 2.45 bits per heavy atom. The van der Waals surface area contributed by atoms with Gasteiger partial charge in [-0.05, 0) is 111 Å². The number of rotatable bonds is 7. The molecule has 1 aliphatic carbocycles. The van der Waals surface area contributed by atoms with E-state index in [4.69, 9.17) is 11.6 Å². The van der Waals surface area contributed by atoms with Crippen LogP contribution in [0.1, 0.15) is 49.3 Å². The van der Waals surface area contributed by atoms with E-state index in [0.29, 0.717) is 33.2 Å². The second-order valence-electron chi connectivity index (χ2n) is 10.3. The van der Waals surface area contributed by atoms with Crippen molar-refractivity contribution in [3.05, 3.63) is 82.4 Å². The van der Waals surface area contributed by atoms with Gasteiger partial charge in [0, 0.05) is 21.3 Å². The third-order valence-corrected chi connectivity index (χ3v) is 8.22. The van der Waals surface area contributed by atoms with Crippen LogP contribution in [0.5, 0.6) is 0 Å². The summed E-state index contributed by atoms with van der Waals surface area (Å²) in [7, 11) is 0. The van der Waals surface area contributed by atoms with Crippen LogP contribution in [0, 0.1) is 11.3 Å². The van der Waals surface area contributed by atoms with E-state index in [2.05, 4.69) is 16.7 Å². The molecule has 2 fully saturated rings. The lowest BCUT2D eigenvalue weighted by Crippen LogP contribution is -2.43. The van der Waals surface area contributed by atoms with E-state index >= 15 is 0 Å². The van der Waals surface area contributed by atoms with Crippen molar-refractivity contribution >= 4 is 58.4 Å². The number of amides is 5. The van der Waals surface area contributed by atoms with Gasteiger partial charge >= 0.3 is 12.1 Å². The van der Waals surface area contributed by atoms with Gasteiger partial charge in [-0.25, -0.2) is 14.5 Å². The number of nitrogens with one attached hydrogen (secondary N) is 2. The normalized spacial score (nSPS) is 16.2. The molecule has 1 saturated heterocycles. The van der Waals surface area contributed by atoms with Gasteiger partial charge in [0.25, 0.3) is 5.91 Å². The summed E-state index contributed by atoms with van der Waals surface area (Å²) in [6.07, 6.45) is 3.95. The lowest BCUT2D eigenvalue weighted by molar-refractivity contribution is -0.123. The summed E-state index contributed by atoms with van der Waals surface area (Å²) >= 11 is 7.91. The van der Waals surface area contributed by atoms with E-state index in [9.17, 15) is 19.6 Å². The fourth-order valence-electron chi connectivity index (χ4n) is 4.80. The average molecular weight is 574 g/mol. The molecule has 0 spiro atoms. The Balaban J connectivity index is 1.39. The van der Waals surface area contributed by atoms with Gasteiger partial charge in [-0.2, -0.15) is 5.26 Å². The van der Waals surface area contributed by atoms with Gasteiger partial charge < -0.3 is 15.5 Å². The average Bonchev–Trinajstić information content (AvgIpc) is 3.76. The summed E-state index contributed by atoms with van der Waals surface area (Å²) in [6.45, 7) is 3.43. The number of carbonyl (C=O) groups excluding carboxylic acids is 3. The molecule has 0 aromatic heterocycles. The van der Waals surface area contributed by atoms with Crippen LogP contribution in [0.2, 0.25) is 5.02 Å². The van der Waals surface area contributed by atoms with Crippen LogP contribution >= 0.6 is 23.4 Å². The lowest BCUT2D eigenvalue weighted by atomic mass is 10.0. The molecule has 2 aliphatic rings. The first kappa shape index (κ1) is 27.6. The largest absolute Gasteiger partial charge is 0.332 e. The number of carbonyl (C=O) groups is 3. The maximum Gasteiger partial charge on any atom is 0.332 e. The van der Waals surface area contributed by atoms with E-state index in [0.717, 1.165) is 23.3 Å². The van der Waals surface area contributed by atoms with Gasteiger partial charge in [-0.3, -0.25) is 4.79 Å². The second-order valence-corrected chi connectivity index (χ2v) is 11.7. The predicted octanol–water partition coefficient (Wildman–Crippen LogP) is 7.20. The molecule has 1 aliphatic heterocycles. The number of hydrogen-bond acceptors (Lipinski definition) is 5. The smallest absolute Gasteiger partial charge is 0.308 e. The van der Waals surface area contributed by atoms with Crippen LogP contribution in [0.4, 0.5) is 26.7 Å². The number of imide groups is 1. The number of benzene rings is 3. The second kappa shape index (κ2) is 10.9. The Morgan fingerprint density at radius 1 is 1.07 bits per heavy atom. The summed E-state index contributed by atoms with van der Waals surface area (Å²) in [5.41, 5.74) is 2.40. The van der Waals surface area contributed by atoms with Crippen molar-refractivity contribution in [3.63, 3.8) is 0 Å². The zero-order valence-corrected chi connectivity index (χ0v) is 23.9. The van der Waals surface area contributed by atoms with E-state index in [1.54, 1.807) is 62.0 Å². The van der Waals surface area contributed by atoms with E-state index < -0.39 is 17.6 Å². The molecule has 40 heavy (non-hydrogen) atoms. The lowest BCUT2D eigenvalue weighted by Gasteiger charge is -2.28. The molecular weight excluding hydrogens is 546 g/mol. The van der Waals surface area contributed by atoms with Gasteiger partial charge in [0.1, 0.15) is 5.54 Å². The number of halogens is 1. The SMILES string of the molecule is CSc1ccc(NC(=O)Nc2ccc(Cl)cc2CN2C(=O)N(c3ccc(C#N)c(C4CC4)c3)C(=O)C2(C)C)cc1. The number of anilines is 3. The number of thioether (sulfide) groups is 1. The fraction of sp³-hybridized carbons (Fsp3) is 0.267. The molecule has 0 radical (unpaired) electrons. The highest BCUT2D eigenvalue weighted by Gasteiger charge is 2.52. The molecule has 3 aromatic rings. The highest BCUT2D eigenvalue weighted by atomic mass is 35.5. The molecule has 5 amide bonds. The highest BCUT2D eigenvalue weighted by molar-refractivity contribution is 7.98. The standard InChI is InChI=1S/C30H28ClN5O3S/c1-30(2)27(37)36(23-10-6-19(16-32)25(15-23)18-4-5-18)29(39)35(30)17-20-14-21(31)7-13-26(20)34-28(38)33-22-8-11-24(40-3)12-9-22/h6-15,18H,4-5,17H2,1-3H3,(H2,33,34,38). The summed E-state index contributed by atoms with van der Waals surface area (Å²) in [5.74, 6) is -0.0897. The van der Waals surface area contributed by atoms with Gasteiger partial charge in [0.15, 0.2) is 0 Å². The Bertz CT molecular complexity index is 1550. The molecule has 1 saturated carbocycles. The van der Waals surface area contributed by atoms with Crippen molar-refractivity contribution in [2.45, 2.75) is 49.6 Å². The molecule has 0 bridgehead atoms. The van der Waals surface area contributed by atoms with Crippen LogP contribution in [0.15, 0.2) is 65.6 Å². The molecule has 1 heterocycles. The Kier molecular flexibility index (Phi) is 7.49. The van der Waals surface area contributed by atoms with Crippen LogP contribution < -0.4 is 15.5 Å². The third kappa shape index (κ3) is 5.37. The van der Waals surface area contributed by atoms with Crippen molar-refractivity contribution in [2.24, 2.45) is 0 Å². The monoisotopic (exact) mass is 573 g/mol. The molecular formula is C30H28ClN5O3S. The minimum absolute atomic E-state index is 0.0401. The summed E-state index contributed by atoms with van der Waals surface area (Å²) < 4.78 is 0. The Morgan fingerprint density at radius 2 is 1.80 bits per heavy atom. The first-order valence-corrected chi connectivity index (χ1v) is 14.4. The topological polar surface area (TPSA) is 106 Å². The highest BCUT2D eigenvalue weighted by Crippen LogP contribution is 2.44. The van der Waals surface area contributed by atoms with Crippen molar-refractivity contribution < 1.29 is 14.4 Å². The molecule has 8 nitrogen and oxygen atoms in total. The number of hydrogen-bond donors (Lipinski definition) is 2. The van der Waals surface area contributed by atoms with Gasteiger partial charge in [0.2, 0.25) is 0 Å². The summed E-state index contributed by atoms with van der Waals surface area (Å²) in [4.78, 5) is 43.8. The quantitative estimate of drug-likeness (QED) is 0.230. The molecule has 0 unspecified atom stereocenters. The maximum absolute atomic E-state index is 13.7. The zero-order valence-electron chi connectivity index (χ0n) is 22.3. The Labute approximate surface area is 242 Å². The van der Waals surface area contributed by atoms with Gasteiger partial charge in [-0.1, -0.05) is 11.6 Å². The molecule has 2 N–H and O–H groups in total. The number of urea groups is 2. The van der Waals surface area contributed by atoms with E-state index in [1.165, 1.54) is 9.80 Å². The van der Waals surface area contributed by atoms with Crippen molar-refractivity contribution in [1.82, 2.24) is 4.90 Å². The van der Waals surface area contributed by atoms with E-state index in [1.807, 2.05) is 30.5 Å². The van der Waals surface area contributed by atoms with Gasteiger partial charge in [-0.15, -0.1) is 11.8 Å².